The Morgan fingerprint density at radius 2 is 2.07 bits per heavy atom. The molecule has 0 saturated heterocycles. The quantitative estimate of drug-likeness (QED) is 0.902. The lowest BCUT2D eigenvalue weighted by Crippen LogP contribution is -2.23. The van der Waals surface area contributed by atoms with E-state index in [-0.39, 0.29) is 11.2 Å². The molecular formula is C10H15BrN2O2. The third-order valence-electron chi connectivity index (χ3n) is 2.11. The summed E-state index contributed by atoms with van der Waals surface area (Å²) in [5, 5.41) is 13.1. The molecule has 1 aromatic heterocycles. The second-order valence-electron chi connectivity index (χ2n) is 4.36. The molecule has 1 N–H and O–H groups in total. The lowest BCUT2D eigenvalue weighted by atomic mass is 10.1. The van der Waals surface area contributed by atoms with Gasteiger partial charge in [-0.05, 0) is 43.1 Å². The molecule has 0 aromatic carbocycles. The Labute approximate surface area is 97.4 Å². The summed E-state index contributed by atoms with van der Waals surface area (Å²) in [6.45, 7) is 7.86. The summed E-state index contributed by atoms with van der Waals surface area (Å²) in [5.41, 5.74) is 0.660. The van der Waals surface area contributed by atoms with Crippen LogP contribution in [0.15, 0.2) is 4.60 Å². The number of rotatable bonds is 2. The Morgan fingerprint density at radius 3 is 2.33 bits per heavy atom. The molecule has 0 spiro atoms. The fourth-order valence-corrected chi connectivity index (χ4v) is 2.44. The van der Waals surface area contributed by atoms with Gasteiger partial charge in [0.1, 0.15) is 4.60 Å². The highest BCUT2D eigenvalue weighted by Gasteiger charge is 2.25. The third-order valence-corrected chi connectivity index (χ3v) is 2.93. The zero-order valence-corrected chi connectivity index (χ0v) is 10.9. The van der Waals surface area contributed by atoms with Crippen LogP contribution in [0.4, 0.5) is 0 Å². The predicted molar refractivity (Wildman–Crippen MR) is 61.3 cm³/mol. The monoisotopic (exact) mass is 274 g/mol. The minimum Gasteiger partial charge on any atom is -0.476 e. The Balaban J connectivity index is 3.40. The van der Waals surface area contributed by atoms with Crippen molar-refractivity contribution in [3.63, 3.8) is 0 Å². The van der Waals surface area contributed by atoms with Crippen LogP contribution in [0.5, 0.6) is 0 Å². The summed E-state index contributed by atoms with van der Waals surface area (Å²) in [7, 11) is 0. The van der Waals surface area contributed by atoms with Gasteiger partial charge in [0.15, 0.2) is 5.69 Å². The summed E-state index contributed by atoms with van der Waals surface area (Å²) >= 11 is 3.40. The molecule has 0 bridgehead atoms. The molecule has 1 aromatic rings. The van der Waals surface area contributed by atoms with Crippen molar-refractivity contribution in [2.24, 2.45) is 0 Å². The molecule has 0 fully saturated rings. The van der Waals surface area contributed by atoms with Crippen molar-refractivity contribution in [2.45, 2.75) is 39.7 Å². The average Bonchev–Trinajstić information content (AvgIpc) is 2.41. The number of hydrogen-bond donors (Lipinski definition) is 1. The van der Waals surface area contributed by atoms with Crippen LogP contribution < -0.4 is 0 Å². The molecule has 84 valence electrons. The van der Waals surface area contributed by atoms with Crippen molar-refractivity contribution in [1.29, 1.82) is 0 Å². The number of aromatic nitrogens is 2. The number of halogens is 1. The van der Waals surface area contributed by atoms with E-state index < -0.39 is 5.97 Å². The summed E-state index contributed by atoms with van der Waals surface area (Å²) in [6.07, 6.45) is 0.651. The SMILES string of the molecule is CCc1c(C(=O)O)nn(C(C)(C)C)c1Br. The highest BCUT2D eigenvalue weighted by Crippen LogP contribution is 2.27. The molecule has 1 heterocycles. The van der Waals surface area contributed by atoms with Crippen molar-refractivity contribution >= 4 is 21.9 Å². The maximum absolute atomic E-state index is 11.0. The van der Waals surface area contributed by atoms with E-state index in [1.54, 1.807) is 4.68 Å². The standard InChI is InChI=1S/C10H15BrN2O2/c1-5-6-7(9(14)15)12-13(8(6)11)10(2,3)4/h5H2,1-4H3,(H,14,15). The van der Waals surface area contributed by atoms with Crippen molar-refractivity contribution in [1.82, 2.24) is 9.78 Å². The van der Waals surface area contributed by atoms with E-state index in [0.29, 0.717) is 6.42 Å². The van der Waals surface area contributed by atoms with E-state index in [2.05, 4.69) is 21.0 Å². The Morgan fingerprint density at radius 1 is 1.53 bits per heavy atom. The molecule has 0 aliphatic carbocycles. The van der Waals surface area contributed by atoms with Gasteiger partial charge in [-0.25, -0.2) is 4.79 Å². The second kappa shape index (κ2) is 3.96. The minimum atomic E-state index is -0.976. The first-order valence-electron chi connectivity index (χ1n) is 4.80. The van der Waals surface area contributed by atoms with Gasteiger partial charge < -0.3 is 5.11 Å². The van der Waals surface area contributed by atoms with Crippen molar-refractivity contribution in [2.75, 3.05) is 0 Å². The molecule has 0 aliphatic rings. The van der Waals surface area contributed by atoms with E-state index in [1.165, 1.54) is 0 Å². The van der Waals surface area contributed by atoms with Crippen LogP contribution in [0, 0.1) is 0 Å². The van der Waals surface area contributed by atoms with Gasteiger partial charge in [0.25, 0.3) is 0 Å². The number of carboxylic acids is 1. The number of aromatic carboxylic acids is 1. The third kappa shape index (κ3) is 2.22. The highest BCUT2D eigenvalue weighted by molar-refractivity contribution is 9.10. The normalized spacial score (nSPS) is 11.8. The van der Waals surface area contributed by atoms with Crippen LogP contribution in [-0.4, -0.2) is 20.9 Å². The van der Waals surface area contributed by atoms with E-state index in [9.17, 15) is 4.79 Å². The topological polar surface area (TPSA) is 55.1 Å². The Bertz CT molecular complexity index is 391. The summed E-state index contributed by atoms with van der Waals surface area (Å²) < 4.78 is 2.46. The Hall–Kier alpha value is -0.840. The summed E-state index contributed by atoms with van der Waals surface area (Å²) in [6, 6.07) is 0. The first-order chi connectivity index (χ1) is 6.79. The fraction of sp³-hybridized carbons (Fsp3) is 0.600. The van der Waals surface area contributed by atoms with E-state index in [1.807, 2.05) is 27.7 Å². The lowest BCUT2D eigenvalue weighted by Gasteiger charge is -2.20. The number of nitrogens with zero attached hydrogens (tertiary/aromatic N) is 2. The first kappa shape index (κ1) is 12.2. The molecule has 0 aliphatic heterocycles. The molecule has 0 saturated carbocycles. The van der Waals surface area contributed by atoms with Crippen LogP contribution in [-0.2, 0) is 12.0 Å². The van der Waals surface area contributed by atoms with Crippen LogP contribution in [0.2, 0.25) is 0 Å². The summed E-state index contributed by atoms with van der Waals surface area (Å²) in [4.78, 5) is 11.0. The highest BCUT2D eigenvalue weighted by atomic mass is 79.9. The lowest BCUT2D eigenvalue weighted by molar-refractivity contribution is 0.0687. The van der Waals surface area contributed by atoms with Gasteiger partial charge >= 0.3 is 5.97 Å². The van der Waals surface area contributed by atoms with Crippen LogP contribution in [0.3, 0.4) is 0 Å². The van der Waals surface area contributed by atoms with Crippen molar-refractivity contribution in [3.8, 4) is 0 Å². The van der Waals surface area contributed by atoms with Crippen molar-refractivity contribution in [3.05, 3.63) is 15.9 Å². The summed E-state index contributed by atoms with van der Waals surface area (Å²) in [5.74, 6) is -0.976. The van der Waals surface area contributed by atoms with Crippen molar-refractivity contribution < 1.29 is 9.90 Å². The number of carboxylic acid groups (broad SMARTS) is 1. The van der Waals surface area contributed by atoms with Gasteiger partial charge in [-0.3, -0.25) is 4.68 Å². The van der Waals surface area contributed by atoms with Gasteiger partial charge in [0, 0.05) is 5.56 Å². The molecule has 0 amide bonds. The van der Waals surface area contributed by atoms with Gasteiger partial charge in [-0.2, -0.15) is 5.10 Å². The number of hydrogen-bond acceptors (Lipinski definition) is 2. The molecule has 5 heteroatoms. The first-order valence-corrected chi connectivity index (χ1v) is 5.59. The van der Waals surface area contributed by atoms with E-state index >= 15 is 0 Å². The second-order valence-corrected chi connectivity index (χ2v) is 5.11. The maximum atomic E-state index is 11.0. The molecule has 1 rings (SSSR count). The molecular weight excluding hydrogens is 260 g/mol. The average molecular weight is 275 g/mol. The van der Waals surface area contributed by atoms with Gasteiger partial charge in [0.2, 0.25) is 0 Å². The van der Waals surface area contributed by atoms with E-state index in [4.69, 9.17) is 5.11 Å². The predicted octanol–water partition coefficient (Wildman–Crippen LogP) is 2.66. The minimum absolute atomic E-state index is 0.138. The Kier molecular flexibility index (Phi) is 3.23. The van der Waals surface area contributed by atoms with Crippen LogP contribution in [0.1, 0.15) is 43.7 Å². The zero-order valence-electron chi connectivity index (χ0n) is 9.33. The molecule has 4 nitrogen and oxygen atoms in total. The van der Waals surface area contributed by atoms with Crippen LogP contribution in [0.25, 0.3) is 0 Å². The molecule has 15 heavy (non-hydrogen) atoms. The van der Waals surface area contributed by atoms with Gasteiger partial charge in [-0.1, -0.05) is 6.92 Å². The molecule has 0 atom stereocenters. The van der Waals surface area contributed by atoms with E-state index in [0.717, 1.165) is 10.2 Å². The zero-order chi connectivity index (χ0) is 11.8. The maximum Gasteiger partial charge on any atom is 0.356 e. The van der Waals surface area contributed by atoms with Crippen LogP contribution >= 0.6 is 15.9 Å². The smallest absolute Gasteiger partial charge is 0.356 e. The van der Waals surface area contributed by atoms with Gasteiger partial charge in [-0.15, -0.1) is 0 Å². The van der Waals surface area contributed by atoms with Gasteiger partial charge in [0.05, 0.1) is 5.54 Å². The molecule has 0 radical (unpaired) electrons. The fourth-order valence-electron chi connectivity index (χ4n) is 1.36. The molecule has 0 unspecified atom stereocenters. The largest absolute Gasteiger partial charge is 0.476 e. The number of carbonyl (C=O) groups is 1.